The van der Waals surface area contributed by atoms with Gasteiger partial charge in [0.15, 0.2) is 0 Å². The number of anilines is 1. The molecule has 4 rings (SSSR count). The summed E-state index contributed by atoms with van der Waals surface area (Å²) < 4.78 is 32.8. The smallest absolute Gasteiger partial charge is 0.258 e. The molecule has 1 saturated heterocycles. The van der Waals surface area contributed by atoms with Gasteiger partial charge in [-0.15, -0.1) is 0 Å². The molecular formula is C21H24N2O4S. The molecule has 0 bridgehead atoms. The highest BCUT2D eigenvalue weighted by molar-refractivity contribution is 7.89. The highest BCUT2D eigenvalue weighted by atomic mass is 32.2. The Hall–Kier alpha value is -2.38. The number of carbonyl (C=O) groups excluding carboxylic acids is 1. The average Bonchev–Trinajstić information content (AvgIpc) is 3.22. The highest BCUT2D eigenvalue weighted by Gasteiger charge is 2.35. The number of nitrogens with zero attached hydrogens (tertiary/aromatic N) is 2. The van der Waals surface area contributed by atoms with E-state index in [4.69, 9.17) is 4.74 Å². The van der Waals surface area contributed by atoms with Gasteiger partial charge in [0.25, 0.3) is 5.91 Å². The quantitative estimate of drug-likeness (QED) is 0.793. The normalized spacial score (nSPS) is 19.1. The van der Waals surface area contributed by atoms with Crippen LogP contribution in [0.5, 0.6) is 5.75 Å². The first-order valence-electron chi connectivity index (χ1n) is 9.48. The second-order valence-electron chi connectivity index (χ2n) is 7.86. The van der Waals surface area contributed by atoms with E-state index in [9.17, 15) is 13.2 Å². The van der Waals surface area contributed by atoms with Gasteiger partial charge in [-0.3, -0.25) is 4.79 Å². The summed E-state index contributed by atoms with van der Waals surface area (Å²) in [5.41, 5.74) is 0.664. The Morgan fingerprint density at radius 1 is 1.00 bits per heavy atom. The molecule has 0 aliphatic carbocycles. The molecule has 0 unspecified atom stereocenters. The molecule has 2 aliphatic rings. The van der Waals surface area contributed by atoms with Gasteiger partial charge >= 0.3 is 0 Å². The number of rotatable bonds is 3. The van der Waals surface area contributed by atoms with Gasteiger partial charge in [0.1, 0.15) is 11.4 Å². The maximum Gasteiger partial charge on any atom is 0.258 e. The van der Waals surface area contributed by atoms with Gasteiger partial charge in [0, 0.05) is 18.7 Å². The molecular weight excluding hydrogens is 376 g/mol. The van der Waals surface area contributed by atoms with E-state index in [2.05, 4.69) is 0 Å². The lowest BCUT2D eigenvalue weighted by Crippen LogP contribution is -2.49. The van der Waals surface area contributed by atoms with Crippen molar-refractivity contribution in [2.75, 3.05) is 24.5 Å². The van der Waals surface area contributed by atoms with Gasteiger partial charge < -0.3 is 9.64 Å². The lowest BCUT2D eigenvalue weighted by Gasteiger charge is -2.39. The van der Waals surface area contributed by atoms with Crippen molar-refractivity contribution in [1.82, 2.24) is 4.31 Å². The number of benzene rings is 2. The van der Waals surface area contributed by atoms with Crippen LogP contribution in [-0.2, 0) is 10.0 Å². The topological polar surface area (TPSA) is 66.9 Å². The maximum absolute atomic E-state index is 13.2. The summed E-state index contributed by atoms with van der Waals surface area (Å²) in [6.07, 6.45) is 1.78. The molecule has 2 aromatic rings. The van der Waals surface area contributed by atoms with Crippen LogP contribution in [0.15, 0.2) is 53.4 Å². The van der Waals surface area contributed by atoms with Crippen molar-refractivity contribution in [1.29, 1.82) is 0 Å². The number of ether oxygens (including phenoxy) is 1. The molecule has 1 amide bonds. The summed E-state index contributed by atoms with van der Waals surface area (Å²) in [6, 6.07) is 13.7. The Morgan fingerprint density at radius 2 is 1.64 bits per heavy atom. The Balaban J connectivity index is 1.62. The zero-order valence-electron chi connectivity index (χ0n) is 16.1. The second-order valence-corrected chi connectivity index (χ2v) is 9.79. The first kappa shape index (κ1) is 19.0. The summed E-state index contributed by atoms with van der Waals surface area (Å²) in [5, 5.41) is 0. The Morgan fingerprint density at radius 3 is 2.32 bits per heavy atom. The third kappa shape index (κ3) is 3.40. The van der Waals surface area contributed by atoms with Crippen LogP contribution in [0.1, 0.15) is 37.0 Å². The second kappa shape index (κ2) is 6.90. The van der Waals surface area contributed by atoms with E-state index >= 15 is 0 Å². The average molecular weight is 401 g/mol. The van der Waals surface area contributed by atoms with E-state index < -0.39 is 15.6 Å². The van der Waals surface area contributed by atoms with Crippen molar-refractivity contribution in [3.05, 3.63) is 54.1 Å². The van der Waals surface area contributed by atoms with Crippen molar-refractivity contribution in [3.8, 4) is 5.75 Å². The SMILES string of the molecule is CC1(C)CN(C(=O)c2ccc(S(=O)(=O)N3CCCC3)cc2)c2ccccc2O1. The van der Waals surface area contributed by atoms with Crippen LogP contribution in [0.4, 0.5) is 5.69 Å². The minimum atomic E-state index is -3.48. The monoisotopic (exact) mass is 400 g/mol. The Labute approximate surface area is 165 Å². The molecule has 0 N–H and O–H groups in total. The number of hydrogen-bond donors (Lipinski definition) is 0. The summed E-state index contributed by atoms with van der Waals surface area (Å²) in [4.78, 5) is 15.1. The number of sulfonamides is 1. The van der Waals surface area contributed by atoms with E-state index in [1.54, 1.807) is 17.0 Å². The number of amides is 1. The first-order valence-corrected chi connectivity index (χ1v) is 10.9. The minimum absolute atomic E-state index is 0.172. The van der Waals surface area contributed by atoms with Crippen LogP contribution < -0.4 is 9.64 Å². The van der Waals surface area contributed by atoms with Gasteiger partial charge in [-0.25, -0.2) is 8.42 Å². The number of fused-ring (bicyclic) bond motifs is 1. The molecule has 28 heavy (non-hydrogen) atoms. The molecule has 0 atom stereocenters. The molecule has 2 heterocycles. The van der Waals surface area contributed by atoms with E-state index in [1.165, 1.54) is 16.4 Å². The molecule has 0 saturated carbocycles. The van der Waals surface area contributed by atoms with Crippen molar-refractivity contribution in [2.24, 2.45) is 0 Å². The van der Waals surface area contributed by atoms with Crippen molar-refractivity contribution < 1.29 is 17.9 Å². The summed E-state index contributed by atoms with van der Waals surface area (Å²) in [5.74, 6) is 0.495. The van der Waals surface area contributed by atoms with Gasteiger partial charge in [-0.2, -0.15) is 4.31 Å². The van der Waals surface area contributed by atoms with Gasteiger partial charge in [0.05, 0.1) is 17.1 Å². The predicted octanol–water partition coefficient (Wildman–Crippen LogP) is 3.29. The third-order valence-electron chi connectivity index (χ3n) is 5.13. The number of hydrogen-bond acceptors (Lipinski definition) is 4. The van der Waals surface area contributed by atoms with E-state index in [1.807, 2.05) is 38.1 Å². The molecule has 2 aromatic carbocycles. The zero-order valence-corrected chi connectivity index (χ0v) is 16.9. The first-order chi connectivity index (χ1) is 13.3. The van der Waals surface area contributed by atoms with Crippen LogP contribution in [0.3, 0.4) is 0 Å². The predicted molar refractivity (Wildman–Crippen MR) is 107 cm³/mol. The molecule has 0 radical (unpaired) electrons. The van der Waals surface area contributed by atoms with Gasteiger partial charge in [0.2, 0.25) is 10.0 Å². The molecule has 148 valence electrons. The molecule has 1 fully saturated rings. The fraction of sp³-hybridized carbons (Fsp3) is 0.381. The van der Waals surface area contributed by atoms with E-state index in [0.717, 1.165) is 18.5 Å². The summed E-state index contributed by atoms with van der Waals surface area (Å²) >= 11 is 0. The van der Waals surface area contributed by atoms with Crippen LogP contribution >= 0.6 is 0 Å². The zero-order chi connectivity index (χ0) is 19.9. The lowest BCUT2D eigenvalue weighted by atomic mass is 10.0. The van der Waals surface area contributed by atoms with Crippen molar-refractivity contribution in [3.63, 3.8) is 0 Å². The number of para-hydroxylation sites is 2. The summed E-state index contributed by atoms with van der Waals surface area (Å²) in [7, 11) is -3.48. The van der Waals surface area contributed by atoms with E-state index in [0.29, 0.717) is 30.9 Å². The van der Waals surface area contributed by atoms with Crippen LogP contribution in [0, 0.1) is 0 Å². The molecule has 7 heteroatoms. The molecule has 2 aliphatic heterocycles. The molecule has 6 nitrogen and oxygen atoms in total. The summed E-state index contributed by atoms with van der Waals surface area (Å²) in [6.45, 7) is 5.41. The lowest BCUT2D eigenvalue weighted by molar-refractivity contribution is 0.0837. The largest absolute Gasteiger partial charge is 0.484 e. The van der Waals surface area contributed by atoms with Crippen molar-refractivity contribution in [2.45, 2.75) is 37.2 Å². The van der Waals surface area contributed by atoms with Crippen LogP contribution in [-0.4, -0.2) is 43.9 Å². The molecule has 0 spiro atoms. The fourth-order valence-corrected chi connectivity index (χ4v) is 5.26. The highest BCUT2D eigenvalue weighted by Crippen LogP contribution is 2.37. The minimum Gasteiger partial charge on any atom is -0.484 e. The third-order valence-corrected chi connectivity index (χ3v) is 7.04. The maximum atomic E-state index is 13.2. The van der Waals surface area contributed by atoms with E-state index in [-0.39, 0.29) is 10.8 Å². The Kier molecular flexibility index (Phi) is 4.67. The standard InChI is InChI=1S/C21H24N2O4S/c1-21(2)15-23(18-7-3-4-8-19(18)27-21)20(24)16-9-11-17(12-10-16)28(25,26)22-13-5-6-14-22/h3-4,7-12H,5-6,13-15H2,1-2H3. The van der Waals surface area contributed by atoms with Crippen LogP contribution in [0.25, 0.3) is 0 Å². The Bertz CT molecular complexity index is 993. The number of carbonyl (C=O) groups is 1. The fourth-order valence-electron chi connectivity index (χ4n) is 3.75. The van der Waals surface area contributed by atoms with Crippen molar-refractivity contribution >= 4 is 21.6 Å². The van der Waals surface area contributed by atoms with Gasteiger partial charge in [-0.05, 0) is 63.1 Å². The van der Waals surface area contributed by atoms with Gasteiger partial charge in [-0.1, -0.05) is 12.1 Å². The molecule has 0 aromatic heterocycles. The van der Waals surface area contributed by atoms with Crippen LogP contribution in [0.2, 0.25) is 0 Å².